The molecular weight excluding hydrogens is 290 g/mol. The number of anilines is 1. The molecule has 1 aromatic rings. The number of rotatable bonds is 5. The van der Waals surface area contributed by atoms with Crippen LogP contribution in [0.15, 0.2) is 29.2 Å². The lowest BCUT2D eigenvalue weighted by Gasteiger charge is -2.36. The van der Waals surface area contributed by atoms with Crippen LogP contribution in [-0.4, -0.2) is 26.9 Å². The van der Waals surface area contributed by atoms with Crippen LogP contribution >= 0.6 is 0 Å². The first-order chi connectivity index (χ1) is 9.41. The number of carbonyl (C=O) groups excluding carboxylic acids is 1. The predicted molar refractivity (Wildman–Crippen MR) is 83.4 cm³/mol. The summed E-state index contributed by atoms with van der Waals surface area (Å²) in [5, 5.41) is 2.71. The molecule has 0 aromatic heterocycles. The van der Waals surface area contributed by atoms with E-state index >= 15 is 0 Å². The average Bonchev–Trinajstić information content (AvgIpc) is 2.37. The van der Waals surface area contributed by atoms with Gasteiger partial charge >= 0.3 is 0 Å². The third-order valence-electron chi connectivity index (χ3n) is 3.85. The molecule has 21 heavy (non-hydrogen) atoms. The number of nitrogens with two attached hydrogens (primary N) is 1. The minimum Gasteiger partial charge on any atom is -0.326 e. The Morgan fingerprint density at radius 3 is 2.24 bits per heavy atom. The lowest BCUT2D eigenvalue weighted by atomic mass is 9.74. The van der Waals surface area contributed by atoms with Crippen molar-refractivity contribution in [2.75, 3.05) is 12.4 Å². The van der Waals surface area contributed by atoms with Gasteiger partial charge in [-0.25, -0.2) is 13.1 Å². The molecule has 0 aliphatic carbocycles. The Labute approximate surface area is 126 Å². The number of benzene rings is 1. The standard InChI is InChI=1S/C14H23N3O3S/c1-13(2,14(3,4)15)12(18)17-10-7-6-8-11(9-10)21(19,20)16-5/h6-9,16H,15H2,1-5H3,(H,17,18). The van der Waals surface area contributed by atoms with Crippen LogP contribution in [0.25, 0.3) is 0 Å². The lowest BCUT2D eigenvalue weighted by Crippen LogP contribution is -2.53. The summed E-state index contributed by atoms with van der Waals surface area (Å²) in [7, 11) is -2.21. The van der Waals surface area contributed by atoms with Gasteiger partial charge in [-0.15, -0.1) is 0 Å². The minimum atomic E-state index is -3.55. The van der Waals surface area contributed by atoms with Gasteiger partial charge < -0.3 is 11.1 Å². The zero-order valence-corrected chi connectivity index (χ0v) is 13.8. The van der Waals surface area contributed by atoms with E-state index in [2.05, 4.69) is 10.0 Å². The molecule has 0 fully saturated rings. The minimum absolute atomic E-state index is 0.0904. The first kappa shape index (κ1) is 17.6. The molecule has 1 rings (SSSR count). The zero-order chi connectivity index (χ0) is 16.5. The van der Waals surface area contributed by atoms with Crippen LogP contribution in [0.2, 0.25) is 0 Å². The number of hydrogen-bond donors (Lipinski definition) is 3. The fourth-order valence-corrected chi connectivity index (χ4v) is 2.21. The van der Waals surface area contributed by atoms with Crippen molar-refractivity contribution in [3.8, 4) is 0 Å². The highest BCUT2D eigenvalue weighted by Crippen LogP contribution is 2.30. The molecule has 0 spiro atoms. The second-order valence-corrected chi connectivity index (χ2v) is 7.92. The summed E-state index contributed by atoms with van der Waals surface area (Å²) in [6, 6.07) is 6.06. The summed E-state index contributed by atoms with van der Waals surface area (Å²) in [6.07, 6.45) is 0. The Bertz CT molecular complexity index is 631. The van der Waals surface area contributed by atoms with Gasteiger partial charge in [0.05, 0.1) is 10.3 Å². The van der Waals surface area contributed by atoms with Gasteiger partial charge in [-0.2, -0.15) is 0 Å². The SMILES string of the molecule is CNS(=O)(=O)c1cccc(NC(=O)C(C)(C)C(C)(C)N)c1. The second kappa shape index (κ2) is 5.75. The van der Waals surface area contributed by atoms with Crippen molar-refractivity contribution >= 4 is 21.6 Å². The van der Waals surface area contributed by atoms with E-state index in [1.165, 1.54) is 19.2 Å². The highest BCUT2D eigenvalue weighted by molar-refractivity contribution is 7.89. The summed E-state index contributed by atoms with van der Waals surface area (Å²) in [4.78, 5) is 12.4. The molecular formula is C14H23N3O3S. The first-order valence-electron chi connectivity index (χ1n) is 6.56. The zero-order valence-electron chi connectivity index (χ0n) is 13.0. The van der Waals surface area contributed by atoms with Crippen molar-refractivity contribution in [1.82, 2.24) is 4.72 Å². The van der Waals surface area contributed by atoms with E-state index in [0.717, 1.165) is 0 Å². The number of hydrogen-bond acceptors (Lipinski definition) is 4. The largest absolute Gasteiger partial charge is 0.326 e. The molecule has 0 saturated heterocycles. The average molecular weight is 313 g/mol. The van der Waals surface area contributed by atoms with Crippen LogP contribution in [0.4, 0.5) is 5.69 Å². The highest BCUT2D eigenvalue weighted by Gasteiger charge is 2.40. The highest BCUT2D eigenvalue weighted by atomic mass is 32.2. The van der Waals surface area contributed by atoms with Gasteiger partial charge in [0.15, 0.2) is 0 Å². The Hall–Kier alpha value is -1.44. The van der Waals surface area contributed by atoms with Crippen LogP contribution in [0, 0.1) is 5.41 Å². The lowest BCUT2D eigenvalue weighted by molar-refractivity contribution is -0.126. The van der Waals surface area contributed by atoms with Gasteiger partial charge in [-0.3, -0.25) is 4.79 Å². The quantitative estimate of drug-likeness (QED) is 0.762. The van der Waals surface area contributed by atoms with Crippen molar-refractivity contribution in [3.63, 3.8) is 0 Å². The monoisotopic (exact) mass is 313 g/mol. The summed E-state index contributed by atoms with van der Waals surface area (Å²) in [5.74, 6) is -0.269. The van der Waals surface area contributed by atoms with E-state index < -0.39 is 21.0 Å². The Kier molecular flexibility index (Phi) is 4.82. The van der Waals surface area contributed by atoms with Gasteiger partial charge in [0.1, 0.15) is 0 Å². The van der Waals surface area contributed by atoms with Gasteiger partial charge in [0, 0.05) is 11.2 Å². The van der Waals surface area contributed by atoms with Crippen molar-refractivity contribution < 1.29 is 13.2 Å². The molecule has 4 N–H and O–H groups in total. The van der Waals surface area contributed by atoms with Crippen molar-refractivity contribution in [3.05, 3.63) is 24.3 Å². The fraction of sp³-hybridized carbons (Fsp3) is 0.500. The molecule has 6 nitrogen and oxygen atoms in total. The Balaban J connectivity index is 3.06. The van der Waals surface area contributed by atoms with E-state index in [1.54, 1.807) is 39.8 Å². The van der Waals surface area contributed by atoms with Crippen molar-refractivity contribution in [1.29, 1.82) is 0 Å². The van der Waals surface area contributed by atoms with Gasteiger partial charge in [-0.1, -0.05) is 6.07 Å². The maximum atomic E-state index is 12.4. The van der Waals surface area contributed by atoms with Crippen LogP contribution in [0.5, 0.6) is 0 Å². The molecule has 0 unspecified atom stereocenters. The number of amides is 1. The normalized spacial score (nSPS) is 13.0. The van der Waals surface area contributed by atoms with E-state index in [0.29, 0.717) is 5.69 Å². The topological polar surface area (TPSA) is 101 Å². The third kappa shape index (κ3) is 3.81. The fourth-order valence-electron chi connectivity index (χ4n) is 1.44. The van der Waals surface area contributed by atoms with Gasteiger partial charge in [-0.05, 0) is 52.9 Å². The van der Waals surface area contributed by atoms with E-state index in [9.17, 15) is 13.2 Å². The van der Waals surface area contributed by atoms with Crippen LogP contribution in [0.3, 0.4) is 0 Å². The molecule has 1 amide bonds. The molecule has 0 atom stereocenters. The van der Waals surface area contributed by atoms with E-state index in [1.807, 2.05) is 0 Å². The molecule has 0 radical (unpaired) electrons. The molecule has 0 aliphatic rings. The Morgan fingerprint density at radius 1 is 1.19 bits per heavy atom. The van der Waals surface area contributed by atoms with Crippen LogP contribution in [0.1, 0.15) is 27.7 Å². The van der Waals surface area contributed by atoms with Crippen molar-refractivity contribution in [2.24, 2.45) is 11.1 Å². The number of nitrogens with one attached hydrogen (secondary N) is 2. The number of sulfonamides is 1. The molecule has 1 aromatic carbocycles. The molecule has 0 bridgehead atoms. The van der Waals surface area contributed by atoms with Crippen molar-refractivity contribution in [2.45, 2.75) is 38.1 Å². The smallest absolute Gasteiger partial charge is 0.240 e. The first-order valence-corrected chi connectivity index (χ1v) is 8.04. The van der Waals surface area contributed by atoms with Gasteiger partial charge in [0.2, 0.25) is 15.9 Å². The van der Waals surface area contributed by atoms with E-state index in [-0.39, 0.29) is 10.8 Å². The second-order valence-electron chi connectivity index (χ2n) is 6.04. The van der Waals surface area contributed by atoms with E-state index in [4.69, 9.17) is 5.73 Å². The summed E-state index contributed by atoms with van der Waals surface area (Å²) >= 11 is 0. The number of carbonyl (C=O) groups is 1. The molecule has 118 valence electrons. The van der Waals surface area contributed by atoms with Crippen LogP contribution < -0.4 is 15.8 Å². The summed E-state index contributed by atoms with van der Waals surface area (Å²) in [5.41, 5.74) is 4.90. The molecule has 0 saturated carbocycles. The maximum absolute atomic E-state index is 12.4. The molecule has 0 heterocycles. The Morgan fingerprint density at radius 2 is 1.76 bits per heavy atom. The van der Waals surface area contributed by atoms with Crippen LogP contribution in [-0.2, 0) is 14.8 Å². The summed E-state index contributed by atoms with van der Waals surface area (Å²) < 4.78 is 25.7. The third-order valence-corrected chi connectivity index (χ3v) is 5.26. The molecule has 7 heteroatoms. The molecule has 0 aliphatic heterocycles. The maximum Gasteiger partial charge on any atom is 0.240 e. The summed E-state index contributed by atoms with van der Waals surface area (Å²) in [6.45, 7) is 7.04. The predicted octanol–water partition coefficient (Wildman–Crippen LogP) is 1.30. The van der Waals surface area contributed by atoms with Gasteiger partial charge in [0.25, 0.3) is 0 Å².